The van der Waals surface area contributed by atoms with Crippen molar-refractivity contribution >= 4 is 41.5 Å². The number of amides is 1. The lowest BCUT2D eigenvalue weighted by Gasteiger charge is -2.20. The van der Waals surface area contributed by atoms with Crippen molar-refractivity contribution in [2.75, 3.05) is 11.9 Å². The van der Waals surface area contributed by atoms with E-state index in [1.165, 1.54) is 23.9 Å². The van der Waals surface area contributed by atoms with Crippen LogP contribution in [0.15, 0.2) is 41.3 Å². The monoisotopic (exact) mass is 411 g/mol. The summed E-state index contributed by atoms with van der Waals surface area (Å²) >= 11 is 1.26. The van der Waals surface area contributed by atoms with Gasteiger partial charge in [0.05, 0.1) is 15.9 Å². The lowest BCUT2D eigenvalue weighted by Crippen LogP contribution is -2.26. The van der Waals surface area contributed by atoms with Crippen LogP contribution >= 0.6 is 24.2 Å². The number of nitro benzene ring substituents is 1. The van der Waals surface area contributed by atoms with Crippen LogP contribution in [0.1, 0.15) is 18.1 Å². The molecule has 1 aliphatic rings. The number of nitrogens with one attached hydrogen (secondary N) is 2. The summed E-state index contributed by atoms with van der Waals surface area (Å²) in [5, 5.41) is 16.0. The molecular formula is C18H19ClFN3O3S. The van der Waals surface area contributed by atoms with Gasteiger partial charge in [0.2, 0.25) is 5.91 Å². The molecule has 1 aliphatic heterocycles. The van der Waals surface area contributed by atoms with Crippen molar-refractivity contribution in [2.24, 2.45) is 0 Å². The minimum Gasteiger partial charge on any atom is -0.323 e. The molecule has 9 heteroatoms. The number of hydrogen-bond donors (Lipinski definition) is 2. The van der Waals surface area contributed by atoms with Crippen LogP contribution in [0.4, 0.5) is 15.8 Å². The molecular weight excluding hydrogens is 393 g/mol. The van der Waals surface area contributed by atoms with Gasteiger partial charge in [-0.25, -0.2) is 4.39 Å². The van der Waals surface area contributed by atoms with Gasteiger partial charge in [-0.2, -0.15) is 0 Å². The molecule has 0 saturated heterocycles. The van der Waals surface area contributed by atoms with Gasteiger partial charge in [0.15, 0.2) is 0 Å². The summed E-state index contributed by atoms with van der Waals surface area (Å²) in [4.78, 5) is 23.3. The van der Waals surface area contributed by atoms with E-state index in [1.54, 1.807) is 25.1 Å². The number of fused-ring (bicyclic) bond motifs is 1. The zero-order valence-corrected chi connectivity index (χ0v) is 16.2. The summed E-state index contributed by atoms with van der Waals surface area (Å²) in [7, 11) is 0. The first-order valence-electron chi connectivity index (χ1n) is 8.18. The van der Waals surface area contributed by atoms with Crippen LogP contribution in [0.25, 0.3) is 0 Å². The van der Waals surface area contributed by atoms with Crippen LogP contribution in [-0.2, 0) is 17.8 Å². The molecule has 0 spiro atoms. The first-order chi connectivity index (χ1) is 12.5. The molecule has 0 fully saturated rings. The maximum absolute atomic E-state index is 14.6. The number of nitro groups is 1. The molecule has 2 aromatic carbocycles. The number of non-ortho nitro benzene ring substituents is 1. The molecule has 6 nitrogen and oxygen atoms in total. The van der Waals surface area contributed by atoms with Gasteiger partial charge in [-0.05, 0) is 49.2 Å². The second-order valence-electron chi connectivity index (χ2n) is 5.99. The number of halogens is 2. The van der Waals surface area contributed by atoms with Crippen molar-refractivity contribution in [1.82, 2.24) is 5.32 Å². The highest BCUT2D eigenvalue weighted by molar-refractivity contribution is 8.00. The van der Waals surface area contributed by atoms with Gasteiger partial charge < -0.3 is 10.6 Å². The number of thioether (sulfide) groups is 1. The average molecular weight is 412 g/mol. The maximum Gasteiger partial charge on any atom is 0.269 e. The Balaban J connectivity index is 0.00000261. The molecule has 0 aromatic heterocycles. The van der Waals surface area contributed by atoms with Gasteiger partial charge in [-0.3, -0.25) is 14.9 Å². The Kier molecular flexibility index (Phi) is 7.18. The predicted molar refractivity (Wildman–Crippen MR) is 106 cm³/mol. The molecule has 27 heavy (non-hydrogen) atoms. The summed E-state index contributed by atoms with van der Waals surface area (Å²) < 4.78 is 14.6. The highest BCUT2D eigenvalue weighted by Gasteiger charge is 2.20. The van der Waals surface area contributed by atoms with Crippen molar-refractivity contribution < 1.29 is 14.1 Å². The van der Waals surface area contributed by atoms with Crippen LogP contribution in [-0.4, -0.2) is 22.6 Å². The fourth-order valence-electron chi connectivity index (χ4n) is 2.77. The van der Waals surface area contributed by atoms with Gasteiger partial charge in [0, 0.05) is 23.6 Å². The normalized spacial score (nSPS) is 13.9. The van der Waals surface area contributed by atoms with Gasteiger partial charge in [0.25, 0.3) is 5.69 Å². The predicted octanol–water partition coefficient (Wildman–Crippen LogP) is 3.92. The third kappa shape index (κ3) is 4.97. The van der Waals surface area contributed by atoms with Crippen LogP contribution in [0.3, 0.4) is 0 Å². The van der Waals surface area contributed by atoms with Crippen LogP contribution < -0.4 is 10.6 Å². The smallest absolute Gasteiger partial charge is 0.269 e. The van der Waals surface area contributed by atoms with Gasteiger partial charge >= 0.3 is 0 Å². The third-order valence-electron chi connectivity index (χ3n) is 4.19. The molecule has 1 atom stereocenters. The third-order valence-corrected chi connectivity index (χ3v) is 5.31. The molecule has 1 unspecified atom stereocenters. The number of rotatable bonds is 5. The van der Waals surface area contributed by atoms with E-state index < -0.39 is 10.2 Å². The molecule has 0 saturated carbocycles. The Morgan fingerprint density at radius 3 is 2.67 bits per heavy atom. The van der Waals surface area contributed by atoms with E-state index in [4.69, 9.17) is 0 Å². The Morgan fingerprint density at radius 2 is 2.00 bits per heavy atom. The maximum atomic E-state index is 14.6. The van der Waals surface area contributed by atoms with E-state index >= 15 is 0 Å². The van der Waals surface area contributed by atoms with Crippen molar-refractivity contribution in [1.29, 1.82) is 0 Å². The number of benzene rings is 2. The van der Waals surface area contributed by atoms with E-state index in [1.807, 2.05) is 6.07 Å². The molecule has 144 valence electrons. The number of carbonyl (C=O) groups is 1. The lowest BCUT2D eigenvalue weighted by atomic mass is 9.99. The summed E-state index contributed by atoms with van der Waals surface area (Å²) in [5.41, 5.74) is 1.75. The van der Waals surface area contributed by atoms with Gasteiger partial charge in [0.1, 0.15) is 5.82 Å². The second kappa shape index (κ2) is 9.16. The summed E-state index contributed by atoms with van der Waals surface area (Å²) in [6.45, 7) is 3.06. The van der Waals surface area contributed by atoms with Gasteiger partial charge in [-0.15, -0.1) is 24.2 Å². The number of anilines is 1. The van der Waals surface area contributed by atoms with Crippen molar-refractivity contribution in [3.8, 4) is 0 Å². The molecule has 1 amide bonds. The largest absolute Gasteiger partial charge is 0.323 e. The highest BCUT2D eigenvalue weighted by Crippen LogP contribution is 2.28. The fourth-order valence-corrected chi connectivity index (χ4v) is 3.64. The number of nitrogens with zero attached hydrogens (tertiary/aromatic N) is 1. The van der Waals surface area contributed by atoms with Crippen molar-refractivity contribution in [2.45, 2.75) is 30.0 Å². The lowest BCUT2D eigenvalue weighted by molar-refractivity contribution is -0.384. The van der Waals surface area contributed by atoms with E-state index in [9.17, 15) is 19.3 Å². The highest BCUT2D eigenvalue weighted by atomic mass is 35.5. The molecule has 2 aromatic rings. The first kappa shape index (κ1) is 21.1. The van der Waals surface area contributed by atoms with E-state index in [-0.39, 0.29) is 35.5 Å². The standard InChI is InChI=1S/C18H18FN3O3S.ClH/c1-11(26-14-5-3-13(4-6-14)22(24)25)18(23)21-16-7-2-12-10-20-9-8-15(12)17(16)19;/h2-7,11,20H,8-10H2,1H3,(H,21,23);1H. The summed E-state index contributed by atoms with van der Waals surface area (Å²) in [6.07, 6.45) is 0.595. The first-order valence-corrected chi connectivity index (χ1v) is 9.06. The molecule has 3 rings (SSSR count). The fraction of sp³-hybridized carbons (Fsp3) is 0.278. The Morgan fingerprint density at radius 1 is 1.30 bits per heavy atom. The Bertz CT molecular complexity index is 848. The Hall–Kier alpha value is -2.16. The van der Waals surface area contributed by atoms with E-state index in [0.29, 0.717) is 25.1 Å². The zero-order chi connectivity index (χ0) is 18.7. The minimum atomic E-state index is -0.478. The van der Waals surface area contributed by atoms with Crippen molar-refractivity contribution in [3.63, 3.8) is 0 Å². The van der Waals surface area contributed by atoms with E-state index in [2.05, 4.69) is 10.6 Å². The van der Waals surface area contributed by atoms with Crippen LogP contribution in [0, 0.1) is 15.9 Å². The summed E-state index contributed by atoms with van der Waals surface area (Å²) in [6, 6.07) is 9.39. The van der Waals surface area contributed by atoms with Crippen LogP contribution in [0.5, 0.6) is 0 Å². The zero-order valence-electron chi connectivity index (χ0n) is 14.5. The topological polar surface area (TPSA) is 84.3 Å². The Labute approximate surface area is 166 Å². The van der Waals surface area contributed by atoms with Crippen molar-refractivity contribution in [3.05, 3.63) is 63.5 Å². The number of carbonyl (C=O) groups excluding carboxylic acids is 1. The molecule has 0 aliphatic carbocycles. The molecule has 2 N–H and O–H groups in total. The SMILES string of the molecule is CC(Sc1ccc([N+](=O)[O-])cc1)C(=O)Nc1ccc2c(c1F)CCNC2.Cl. The number of hydrogen-bond acceptors (Lipinski definition) is 5. The molecule has 0 bridgehead atoms. The van der Waals surface area contributed by atoms with E-state index in [0.717, 1.165) is 10.5 Å². The quantitative estimate of drug-likeness (QED) is 0.442. The van der Waals surface area contributed by atoms with Crippen LogP contribution in [0.2, 0.25) is 0 Å². The second-order valence-corrected chi connectivity index (χ2v) is 7.41. The minimum absolute atomic E-state index is 0. The molecule has 1 heterocycles. The average Bonchev–Trinajstić information content (AvgIpc) is 2.64. The summed E-state index contributed by atoms with van der Waals surface area (Å²) in [5.74, 6) is -0.689. The molecule has 0 radical (unpaired) electrons. The van der Waals surface area contributed by atoms with Gasteiger partial charge in [-0.1, -0.05) is 6.07 Å².